The molecule has 6 nitrogen and oxygen atoms in total. The van der Waals surface area contributed by atoms with E-state index in [-0.39, 0.29) is 5.91 Å². The van der Waals surface area contributed by atoms with Crippen LogP contribution in [0.25, 0.3) is 11.0 Å². The van der Waals surface area contributed by atoms with Crippen molar-refractivity contribution in [3.8, 4) is 5.75 Å². The van der Waals surface area contributed by atoms with Gasteiger partial charge in [0.2, 0.25) is 0 Å². The Morgan fingerprint density at radius 2 is 1.90 bits per heavy atom. The molecule has 1 amide bonds. The second-order valence-electron chi connectivity index (χ2n) is 7.03. The number of carbonyl (C=O) groups is 1. The summed E-state index contributed by atoms with van der Waals surface area (Å²) in [4.78, 5) is 28.4. The van der Waals surface area contributed by atoms with E-state index in [1.807, 2.05) is 6.07 Å². The maximum absolute atomic E-state index is 13.4. The van der Waals surface area contributed by atoms with Gasteiger partial charge in [0.15, 0.2) is 0 Å². The number of ether oxygens (including phenoxy) is 1. The molecule has 0 spiro atoms. The molecule has 0 N–H and O–H groups in total. The van der Waals surface area contributed by atoms with Crippen molar-refractivity contribution in [3.63, 3.8) is 0 Å². The van der Waals surface area contributed by atoms with Crippen LogP contribution in [-0.4, -0.2) is 49.0 Å². The molecule has 29 heavy (non-hydrogen) atoms. The van der Waals surface area contributed by atoms with E-state index in [2.05, 4.69) is 4.90 Å². The van der Waals surface area contributed by atoms with Gasteiger partial charge in [-0.25, -0.2) is 9.18 Å². The fraction of sp³-hybridized carbons (Fsp3) is 0.273. The second-order valence-corrected chi connectivity index (χ2v) is 7.03. The van der Waals surface area contributed by atoms with Crippen molar-refractivity contribution in [2.75, 3.05) is 33.3 Å². The average Bonchev–Trinajstić information content (AvgIpc) is 2.73. The molecule has 1 aliphatic rings. The third-order valence-electron chi connectivity index (χ3n) is 5.16. The van der Waals surface area contributed by atoms with Crippen molar-refractivity contribution in [1.82, 2.24) is 9.80 Å². The van der Waals surface area contributed by atoms with Crippen molar-refractivity contribution >= 4 is 16.9 Å². The Kier molecular flexibility index (Phi) is 5.31. The zero-order chi connectivity index (χ0) is 20.4. The Labute approximate surface area is 167 Å². The van der Waals surface area contributed by atoms with Crippen LogP contribution in [0.5, 0.6) is 5.75 Å². The molecule has 0 saturated carbocycles. The molecular weight excluding hydrogens is 375 g/mol. The van der Waals surface area contributed by atoms with Crippen LogP contribution >= 0.6 is 0 Å². The third kappa shape index (κ3) is 4.14. The van der Waals surface area contributed by atoms with E-state index >= 15 is 0 Å². The third-order valence-corrected chi connectivity index (χ3v) is 5.16. The summed E-state index contributed by atoms with van der Waals surface area (Å²) in [5.74, 6) is 0.109. The first kappa shape index (κ1) is 19.1. The fourth-order valence-corrected chi connectivity index (χ4v) is 3.62. The van der Waals surface area contributed by atoms with Crippen molar-refractivity contribution in [2.45, 2.75) is 6.54 Å². The first-order valence-electron chi connectivity index (χ1n) is 9.41. The first-order chi connectivity index (χ1) is 14.0. The van der Waals surface area contributed by atoms with Crippen LogP contribution in [-0.2, 0) is 6.54 Å². The lowest BCUT2D eigenvalue weighted by atomic mass is 10.1. The molecule has 0 atom stereocenters. The lowest BCUT2D eigenvalue weighted by Gasteiger charge is -2.35. The maximum Gasteiger partial charge on any atom is 0.336 e. The standard InChI is InChI=1S/C22H21FN2O4/c1-28-18-5-6-20-19(13-18)16(12-21(26)29-20)14-24-7-9-25(10-8-24)22(27)15-3-2-4-17(23)11-15/h2-6,11-13H,7-10,14H2,1H3. The van der Waals surface area contributed by atoms with Gasteiger partial charge in [0.25, 0.3) is 5.91 Å². The predicted octanol–water partition coefficient (Wildman–Crippen LogP) is 2.90. The number of amides is 1. The van der Waals surface area contributed by atoms with E-state index in [1.54, 1.807) is 36.3 Å². The summed E-state index contributed by atoms with van der Waals surface area (Å²) in [5.41, 5.74) is 1.35. The summed E-state index contributed by atoms with van der Waals surface area (Å²) in [5, 5.41) is 0.835. The van der Waals surface area contributed by atoms with E-state index in [1.165, 1.54) is 18.2 Å². The molecule has 2 aromatic carbocycles. The van der Waals surface area contributed by atoms with E-state index in [9.17, 15) is 14.0 Å². The highest BCUT2D eigenvalue weighted by Crippen LogP contribution is 2.24. The van der Waals surface area contributed by atoms with Crippen LogP contribution in [0.2, 0.25) is 0 Å². The lowest BCUT2D eigenvalue weighted by Crippen LogP contribution is -2.48. The summed E-state index contributed by atoms with van der Waals surface area (Å²) >= 11 is 0. The molecule has 0 unspecified atom stereocenters. The van der Waals surface area contributed by atoms with Gasteiger partial charge in [-0.2, -0.15) is 0 Å². The minimum atomic E-state index is -0.417. The minimum absolute atomic E-state index is 0.167. The van der Waals surface area contributed by atoms with Crippen LogP contribution in [0.1, 0.15) is 15.9 Å². The Hall–Kier alpha value is -3.19. The number of benzene rings is 2. The van der Waals surface area contributed by atoms with Crippen LogP contribution < -0.4 is 10.4 Å². The van der Waals surface area contributed by atoms with Gasteiger partial charge < -0.3 is 14.1 Å². The van der Waals surface area contributed by atoms with Crippen molar-refractivity contribution in [1.29, 1.82) is 0 Å². The Bertz CT molecular complexity index is 1100. The van der Waals surface area contributed by atoms with Crippen LogP contribution in [0, 0.1) is 5.82 Å². The van der Waals surface area contributed by atoms with Gasteiger partial charge in [-0.15, -0.1) is 0 Å². The number of methoxy groups -OCH3 is 1. The van der Waals surface area contributed by atoms with Gasteiger partial charge in [0, 0.05) is 49.7 Å². The number of hydrogen-bond donors (Lipinski definition) is 0. The van der Waals surface area contributed by atoms with Gasteiger partial charge in [0.1, 0.15) is 17.1 Å². The molecule has 0 aliphatic carbocycles. The molecule has 1 saturated heterocycles. The van der Waals surface area contributed by atoms with Crippen molar-refractivity contribution in [3.05, 3.63) is 75.9 Å². The summed E-state index contributed by atoms with van der Waals surface area (Å²) in [6.07, 6.45) is 0. The quantitative estimate of drug-likeness (QED) is 0.635. The van der Waals surface area contributed by atoms with Crippen LogP contribution in [0.15, 0.2) is 57.7 Å². The van der Waals surface area contributed by atoms with Crippen molar-refractivity contribution in [2.24, 2.45) is 0 Å². The number of carbonyl (C=O) groups excluding carboxylic acids is 1. The number of halogens is 1. The number of nitrogens with zero attached hydrogens (tertiary/aromatic N) is 2. The molecule has 4 rings (SSSR count). The molecule has 3 aromatic rings. The predicted molar refractivity (Wildman–Crippen MR) is 107 cm³/mol. The zero-order valence-electron chi connectivity index (χ0n) is 16.1. The molecular formula is C22H21FN2O4. The summed E-state index contributed by atoms with van der Waals surface area (Å²) in [7, 11) is 1.59. The SMILES string of the molecule is COc1ccc2oc(=O)cc(CN3CCN(C(=O)c4cccc(F)c4)CC3)c2c1. The van der Waals surface area contributed by atoms with Crippen LogP contribution in [0.4, 0.5) is 4.39 Å². The van der Waals surface area contributed by atoms with Gasteiger partial charge in [-0.05, 0) is 42.0 Å². The van der Waals surface area contributed by atoms with Gasteiger partial charge >= 0.3 is 5.63 Å². The number of rotatable bonds is 4. The molecule has 0 bridgehead atoms. The number of piperazine rings is 1. The van der Waals surface area contributed by atoms with Crippen molar-refractivity contribution < 1.29 is 18.3 Å². The largest absolute Gasteiger partial charge is 0.497 e. The topological polar surface area (TPSA) is 63.0 Å². The van der Waals surface area contributed by atoms with E-state index in [0.717, 1.165) is 10.9 Å². The molecule has 2 heterocycles. The summed E-state index contributed by atoms with van der Waals surface area (Å²) in [6.45, 7) is 2.97. The average molecular weight is 396 g/mol. The molecule has 0 radical (unpaired) electrons. The smallest absolute Gasteiger partial charge is 0.336 e. The molecule has 1 aliphatic heterocycles. The normalized spacial score (nSPS) is 14.9. The van der Waals surface area contributed by atoms with E-state index in [4.69, 9.17) is 9.15 Å². The van der Waals surface area contributed by atoms with Crippen LogP contribution in [0.3, 0.4) is 0 Å². The minimum Gasteiger partial charge on any atom is -0.497 e. The van der Waals surface area contributed by atoms with Gasteiger partial charge in [-0.1, -0.05) is 6.07 Å². The maximum atomic E-state index is 13.4. The second kappa shape index (κ2) is 8.05. The van der Waals surface area contributed by atoms with E-state index in [0.29, 0.717) is 49.6 Å². The molecule has 150 valence electrons. The highest BCUT2D eigenvalue weighted by atomic mass is 19.1. The van der Waals surface area contributed by atoms with Gasteiger partial charge in [-0.3, -0.25) is 9.69 Å². The Morgan fingerprint density at radius 3 is 2.62 bits per heavy atom. The molecule has 7 heteroatoms. The zero-order valence-corrected chi connectivity index (χ0v) is 16.1. The fourth-order valence-electron chi connectivity index (χ4n) is 3.62. The highest BCUT2D eigenvalue weighted by Gasteiger charge is 2.23. The Morgan fingerprint density at radius 1 is 1.10 bits per heavy atom. The number of fused-ring (bicyclic) bond motifs is 1. The molecule has 1 aromatic heterocycles. The summed E-state index contributed by atoms with van der Waals surface area (Å²) in [6, 6.07) is 12.6. The number of hydrogen-bond acceptors (Lipinski definition) is 5. The Balaban J connectivity index is 1.47. The van der Waals surface area contributed by atoms with Gasteiger partial charge in [0.05, 0.1) is 7.11 Å². The highest BCUT2D eigenvalue weighted by molar-refractivity contribution is 5.94. The molecule has 1 fully saturated rings. The monoisotopic (exact) mass is 396 g/mol. The van der Waals surface area contributed by atoms with E-state index < -0.39 is 11.4 Å². The first-order valence-corrected chi connectivity index (χ1v) is 9.41. The summed E-state index contributed by atoms with van der Waals surface area (Å²) < 4.78 is 24.0. The lowest BCUT2D eigenvalue weighted by molar-refractivity contribution is 0.0628.